The number of carbonyl (C=O) groups is 1. The molecule has 64 heavy (non-hydrogen) atoms. The molecule has 1 rings (SSSR count). The van der Waals surface area contributed by atoms with Crippen molar-refractivity contribution in [2.45, 2.75) is 205 Å². The van der Waals surface area contributed by atoms with E-state index in [1.54, 1.807) is 0 Å². The van der Waals surface area contributed by atoms with Gasteiger partial charge in [0.25, 0.3) is 0 Å². The fraction of sp³-hybridized carbons (Fsp3) is 0.706. The first-order valence-electron chi connectivity index (χ1n) is 24.3. The van der Waals surface area contributed by atoms with Crippen LogP contribution < -0.4 is 0 Å². The summed E-state index contributed by atoms with van der Waals surface area (Å²) in [6.07, 6.45) is 46.1. The summed E-state index contributed by atoms with van der Waals surface area (Å²) in [6, 6.07) is 0. The molecule has 368 valence electrons. The number of ether oxygens (including phenoxy) is 4. The smallest absolute Gasteiger partial charge is 0.397 e. The Morgan fingerprint density at radius 3 is 1.50 bits per heavy atom. The van der Waals surface area contributed by atoms with Crippen molar-refractivity contribution in [1.29, 1.82) is 0 Å². The third-order valence-electron chi connectivity index (χ3n) is 10.5. The van der Waals surface area contributed by atoms with E-state index in [-0.39, 0.29) is 19.6 Å². The van der Waals surface area contributed by atoms with Gasteiger partial charge in [-0.25, -0.2) is 4.18 Å². The fourth-order valence-electron chi connectivity index (χ4n) is 6.91. The molecule has 1 saturated heterocycles. The first kappa shape index (κ1) is 59.3. The second-order valence-corrected chi connectivity index (χ2v) is 17.3. The molecule has 4 N–H and O–H groups in total. The summed E-state index contributed by atoms with van der Waals surface area (Å²) in [7, 11) is -5.07. The van der Waals surface area contributed by atoms with Gasteiger partial charge in [-0.2, -0.15) is 8.42 Å². The molecule has 0 aromatic carbocycles. The molecule has 0 bridgehead atoms. The summed E-state index contributed by atoms with van der Waals surface area (Å²) in [5.41, 5.74) is 0. The first-order valence-corrected chi connectivity index (χ1v) is 25.7. The second kappa shape index (κ2) is 41.7. The molecule has 1 aliphatic heterocycles. The topological polar surface area (TPSA) is 178 Å². The number of rotatable bonds is 41. The van der Waals surface area contributed by atoms with Gasteiger partial charge >= 0.3 is 16.4 Å². The van der Waals surface area contributed by atoms with Gasteiger partial charge in [-0.1, -0.05) is 163 Å². The van der Waals surface area contributed by atoms with Gasteiger partial charge in [-0.05, 0) is 83.5 Å². The molecular weight excluding hydrogens is 837 g/mol. The third kappa shape index (κ3) is 34.6. The number of hydrogen-bond acceptors (Lipinski definition) is 11. The van der Waals surface area contributed by atoms with Crippen molar-refractivity contribution >= 4 is 16.4 Å². The predicted octanol–water partition coefficient (Wildman–Crippen LogP) is 10.9. The van der Waals surface area contributed by atoms with E-state index in [1.165, 1.54) is 38.5 Å². The number of esters is 1. The number of carbonyl (C=O) groups excluding carboxylic acids is 1. The highest BCUT2D eigenvalue weighted by Gasteiger charge is 2.48. The largest absolute Gasteiger partial charge is 0.457 e. The number of aliphatic hydroxyl groups excluding tert-OH is 3. The Morgan fingerprint density at radius 2 is 1.03 bits per heavy atom. The van der Waals surface area contributed by atoms with Crippen LogP contribution in [0.5, 0.6) is 0 Å². The Morgan fingerprint density at radius 1 is 0.594 bits per heavy atom. The van der Waals surface area contributed by atoms with Crippen molar-refractivity contribution in [2.75, 3.05) is 26.4 Å². The molecular formula is C51H86O12S. The molecule has 12 nitrogen and oxygen atoms in total. The minimum atomic E-state index is -5.07. The molecule has 1 heterocycles. The van der Waals surface area contributed by atoms with E-state index in [2.05, 4.69) is 103 Å². The van der Waals surface area contributed by atoms with Crippen LogP contribution in [-0.2, 0) is 38.3 Å². The van der Waals surface area contributed by atoms with Gasteiger partial charge < -0.3 is 34.3 Å². The van der Waals surface area contributed by atoms with Crippen molar-refractivity contribution in [1.82, 2.24) is 0 Å². The lowest BCUT2D eigenvalue weighted by Crippen LogP contribution is -2.60. The van der Waals surface area contributed by atoms with E-state index >= 15 is 0 Å². The molecule has 1 aliphatic rings. The standard InChI is InChI=1S/C51H86O12S/c1-3-5-7-9-11-13-15-17-19-20-21-22-23-24-25-27-29-31-33-35-37-39-41-59-43-45(44-60-51-49(55)50(63-64(56,57)58)48(54)46(42-52)62-51)61-47(53)40-38-36-34-32-30-28-26-18-16-14-12-10-8-6-4-2/h5-8,11-14,17-19,21-22,26,45-46,48-52,54-55H,3-4,9-10,15-16,20,23-25,27-44H2,1-2H3,(H,56,57,58)/b7-5-,8-6-,13-11-,14-12-,19-17-,22-21-,26-18-. The average molecular weight is 923 g/mol. The van der Waals surface area contributed by atoms with Gasteiger partial charge in [0.1, 0.15) is 30.5 Å². The number of aliphatic hydroxyl groups is 3. The summed E-state index contributed by atoms with van der Waals surface area (Å²) in [4.78, 5) is 12.9. The molecule has 0 aromatic rings. The Balaban J connectivity index is 2.39. The highest BCUT2D eigenvalue weighted by Crippen LogP contribution is 2.26. The van der Waals surface area contributed by atoms with Crippen LogP contribution in [0.15, 0.2) is 85.1 Å². The van der Waals surface area contributed by atoms with Crippen molar-refractivity contribution in [2.24, 2.45) is 0 Å². The minimum Gasteiger partial charge on any atom is -0.457 e. The molecule has 0 saturated carbocycles. The Kier molecular flexibility index (Phi) is 38.6. The Labute approximate surface area is 387 Å². The van der Waals surface area contributed by atoms with Crippen LogP contribution in [-0.4, -0.2) is 97.5 Å². The predicted molar refractivity (Wildman–Crippen MR) is 257 cm³/mol. The normalized spacial score (nSPS) is 20.5. The maximum Gasteiger partial charge on any atom is 0.397 e. The van der Waals surface area contributed by atoms with E-state index in [9.17, 15) is 33.1 Å². The molecule has 0 amide bonds. The number of hydrogen-bond donors (Lipinski definition) is 4. The summed E-state index contributed by atoms with van der Waals surface area (Å²) in [5.74, 6) is -0.422. The molecule has 0 aliphatic carbocycles. The van der Waals surface area contributed by atoms with E-state index in [0.717, 1.165) is 103 Å². The molecule has 1 fully saturated rings. The summed E-state index contributed by atoms with van der Waals surface area (Å²) in [5, 5.41) is 30.7. The van der Waals surface area contributed by atoms with Gasteiger partial charge in [0, 0.05) is 13.0 Å². The number of unbranched alkanes of at least 4 members (excludes halogenated alkanes) is 14. The summed E-state index contributed by atoms with van der Waals surface area (Å²) >= 11 is 0. The van der Waals surface area contributed by atoms with Crippen molar-refractivity contribution in [3.63, 3.8) is 0 Å². The molecule has 6 atom stereocenters. The molecule has 13 heteroatoms. The Hall–Kier alpha value is -2.72. The quantitative estimate of drug-likeness (QED) is 0.0198. The van der Waals surface area contributed by atoms with Gasteiger partial charge in [-0.3, -0.25) is 9.35 Å². The van der Waals surface area contributed by atoms with Gasteiger partial charge in [0.05, 0.1) is 19.8 Å². The summed E-state index contributed by atoms with van der Waals surface area (Å²) in [6.45, 7) is 3.72. The van der Waals surface area contributed by atoms with Crippen LogP contribution in [0.1, 0.15) is 168 Å². The van der Waals surface area contributed by atoms with Gasteiger partial charge in [0.15, 0.2) is 6.29 Å². The zero-order valence-electron chi connectivity index (χ0n) is 39.3. The van der Waals surface area contributed by atoms with Gasteiger partial charge in [0.2, 0.25) is 0 Å². The van der Waals surface area contributed by atoms with Crippen LogP contribution in [0.25, 0.3) is 0 Å². The van der Waals surface area contributed by atoms with Crippen LogP contribution in [0, 0.1) is 0 Å². The van der Waals surface area contributed by atoms with E-state index < -0.39 is 59.8 Å². The first-order chi connectivity index (χ1) is 31.1. The molecule has 6 unspecified atom stereocenters. The van der Waals surface area contributed by atoms with E-state index in [0.29, 0.717) is 13.0 Å². The lowest BCUT2D eigenvalue weighted by atomic mass is 9.99. The van der Waals surface area contributed by atoms with Crippen LogP contribution in [0.3, 0.4) is 0 Å². The molecule has 0 aromatic heterocycles. The van der Waals surface area contributed by atoms with E-state index in [4.69, 9.17) is 18.9 Å². The fourth-order valence-corrected chi connectivity index (χ4v) is 7.42. The highest BCUT2D eigenvalue weighted by atomic mass is 32.3. The van der Waals surface area contributed by atoms with Crippen molar-refractivity contribution in [3.05, 3.63) is 85.1 Å². The van der Waals surface area contributed by atoms with E-state index in [1.807, 2.05) is 0 Å². The molecule has 0 spiro atoms. The zero-order valence-corrected chi connectivity index (χ0v) is 40.1. The Bertz CT molecular complexity index is 1440. The third-order valence-corrected chi connectivity index (χ3v) is 11.0. The second-order valence-electron chi connectivity index (χ2n) is 16.3. The SMILES string of the molecule is CC/C=C\C/C=C\C/C=C\C/C=C\CCCCCCCCCCCOCC(COC1OC(CO)C(O)C(OS(=O)(=O)O)C1O)OC(=O)CCCCCCC/C=C\C/C=C\C/C=C\CC. The van der Waals surface area contributed by atoms with Crippen LogP contribution in [0.4, 0.5) is 0 Å². The summed E-state index contributed by atoms with van der Waals surface area (Å²) < 4.78 is 59.1. The lowest BCUT2D eigenvalue weighted by molar-refractivity contribution is -0.301. The molecule has 0 radical (unpaired) electrons. The lowest BCUT2D eigenvalue weighted by Gasteiger charge is -2.41. The minimum absolute atomic E-state index is 0.0195. The monoisotopic (exact) mass is 923 g/mol. The van der Waals surface area contributed by atoms with Crippen molar-refractivity contribution in [3.8, 4) is 0 Å². The van der Waals surface area contributed by atoms with Crippen LogP contribution in [0.2, 0.25) is 0 Å². The zero-order chi connectivity index (χ0) is 46.8. The maximum atomic E-state index is 12.9. The maximum absolute atomic E-state index is 12.9. The highest BCUT2D eigenvalue weighted by molar-refractivity contribution is 7.80. The average Bonchev–Trinajstić information content (AvgIpc) is 3.27. The van der Waals surface area contributed by atoms with Gasteiger partial charge in [-0.15, -0.1) is 0 Å². The van der Waals surface area contributed by atoms with Crippen molar-refractivity contribution < 1.29 is 56.2 Å². The number of allylic oxidation sites excluding steroid dienone is 14. The van der Waals surface area contributed by atoms with Crippen LogP contribution >= 0.6 is 0 Å².